The first-order valence-corrected chi connectivity index (χ1v) is 14.1. The molecule has 5 heterocycles. The predicted molar refractivity (Wildman–Crippen MR) is 151 cm³/mol. The summed E-state index contributed by atoms with van der Waals surface area (Å²) in [4.78, 5) is 41.5. The number of nitrogens with zero attached hydrogens (tertiary/aromatic N) is 7. The maximum absolute atomic E-state index is 11.6. The summed E-state index contributed by atoms with van der Waals surface area (Å²) in [6.45, 7) is 6.71. The maximum Gasteiger partial charge on any atom is 0.293 e. The summed E-state index contributed by atoms with van der Waals surface area (Å²) in [5.41, 5.74) is 2.05. The van der Waals surface area contributed by atoms with E-state index in [0.29, 0.717) is 35.9 Å². The molecule has 0 saturated carbocycles. The number of fused-ring (bicyclic) bond motifs is 1. The lowest BCUT2D eigenvalue weighted by Gasteiger charge is -2.21. The maximum atomic E-state index is 11.6. The zero-order valence-corrected chi connectivity index (χ0v) is 24.3. The first kappa shape index (κ1) is 29.9. The van der Waals surface area contributed by atoms with Gasteiger partial charge in [0.15, 0.2) is 47.3 Å². The Balaban J connectivity index is 1.52. The molecule has 1 saturated heterocycles. The van der Waals surface area contributed by atoms with Gasteiger partial charge in [-0.25, -0.2) is 9.97 Å². The van der Waals surface area contributed by atoms with Crippen molar-refractivity contribution >= 4 is 35.9 Å². The number of aryl methyl sites for hydroxylation is 1. The molecule has 0 aromatic carbocycles. The summed E-state index contributed by atoms with van der Waals surface area (Å²) in [5.74, 6) is 1.05. The van der Waals surface area contributed by atoms with Crippen molar-refractivity contribution in [2.45, 2.75) is 76.7 Å². The van der Waals surface area contributed by atoms with Gasteiger partial charge in [-0.1, -0.05) is 19.0 Å². The molecule has 1 aliphatic rings. The monoisotopic (exact) mass is 597 g/mol. The first-order valence-electron chi connectivity index (χ1n) is 14.1. The molecule has 0 radical (unpaired) electrons. The Morgan fingerprint density at radius 3 is 2.53 bits per heavy atom. The van der Waals surface area contributed by atoms with Gasteiger partial charge in [-0.3, -0.25) is 14.2 Å². The minimum atomic E-state index is -1.10. The number of imidazole rings is 2. The highest BCUT2D eigenvalue weighted by Crippen LogP contribution is 2.43. The summed E-state index contributed by atoms with van der Waals surface area (Å²) in [5, 5.41) is 20.5. The number of ether oxygens (including phenoxy) is 3. The molecule has 0 amide bonds. The van der Waals surface area contributed by atoms with Gasteiger partial charge >= 0.3 is 0 Å². The fourth-order valence-electron chi connectivity index (χ4n) is 5.02. The van der Waals surface area contributed by atoms with Gasteiger partial charge in [0.25, 0.3) is 12.9 Å². The predicted octanol–water partition coefficient (Wildman–Crippen LogP) is 2.21. The van der Waals surface area contributed by atoms with Crippen LogP contribution in [0.4, 0.5) is 11.8 Å². The largest absolute Gasteiger partial charge is 0.457 e. The number of aromatic nitrogens is 7. The highest BCUT2D eigenvalue weighted by atomic mass is 16.6. The highest BCUT2D eigenvalue weighted by molar-refractivity contribution is 5.84. The zero-order chi connectivity index (χ0) is 30.5. The van der Waals surface area contributed by atoms with Crippen LogP contribution in [0.15, 0.2) is 29.4 Å². The Bertz CT molecular complexity index is 1530. The number of hydrogen-bond donors (Lipinski definition) is 3. The van der Waals surface area contributed by atoms with Gasteiger partial charge < -0.3 is 39.0 Å². The first-order chi connectivity index (χ1) is 20.9. The third-order valence-corrected chi connectivity index (χ3v) is 7.31. The zero-order valence-electron chi connectivity index (χ0n) is 24.3. The molecular formula is C27H35N9O7. The number of aliphatic hydroxyl groups excluding tert-OH is 1. The smallest absolute Gasteiger partial charge is 0.293 e. The normalized spacial score (nSPS) is 20.8. The average molecular weight is 598 g/mol. The van der Waals surface area contributed by atoms with Crippen LogP contribution in [0.3, 0.4) is 0 Å². The fraction of sp³-hybridized carbons (Fsp3) is 0.519. The quantitative estimate of drug-likeness (QED) is 0.169. The van der Waals surface area contributed by atoms with Crippen molar-refractivity contribution in [1.82, 2.24) is 34.2 Å². The minimum absolute atomic E-state index is 0.141. The number of hydrogen-bond acceptors (Lipinski definition) is 14. The number of carbonyl (C=O) groups excluding carboxylic acids is 2. The SMILES string of the molecule is CCC(CC)Nc1nc(NCCc2cn(C)cn2)nc2c1ncn2[C@@H]1O[C@H](c2cc(C(C)O)no2)[C@@H](OC=O)[C@H]1OC=O. The van der Waals surface area contributed by atoms with Gasteiger partial charge in [0.05, 0.1) is 24.5 Å². The second kappa shape index (κ2) is 13.2. The van der Waals surface area contributed by atoms with Crippen LogP contribution in [0.2, 0.25) is 0 Å². The van der Waals surface area contributed by atoms with Gasteiger partial charge in [-0.15, -0.1) is 0 Å². The Morgan fingerprint density at radius 1 is 1.12 bits per heavy atom. The van der Waals surface area contributed by atoms with Crippen molar-refractivity contribution in [3.63, 3.8) is 0 Å². The topological polar surface area (TPSA) is 194 Å². The van der Waals surface area contributed by atoms with Crippen molar-refractivity contribution < 1.29 is 33.4 Å². The Labute approximate surface area is 246 Å². The molecule has 5 rings (SSSR count). The molecule has 1 aliphatic heterocycles. The minimum Gasteiger partial charge on any atom is -0.457 e. The number of carbonyl (C=O) groups is 2. The van der Waals surface area contributed by atoms with Crippen LogP contribution in [-0.2, 0) is 37.3 Å². The molecule has 43 heavy (non-hydrogen) atoms. The molecule has 230 valence electrons. The third-order valence-electron chi connectivity index (χ3n) is 7.31. The van der Waals surface area contributed by atoms with E-state index < -0.39 is 30.6 Å². The Kier molecular flexibility index (Phi) is 9.16. The molecule has 16 nitrogen and oxygen atoms in total. The fourth-order valence-corrected chi connectivity index (χ4v) is 5.02. The average Bonchev–Trinajstić information content (AvgIpc) is 3.79. The van der Waals surface area contributed by atoms with E-state index in [2.05, 4.69) is 39.6 Å². The van der Waals surface area contributed by atoms with Gasteiger partial charge in [0.1, 0.15) is 5.69 Å². The van der Waals surface area contributed by atoms with E-state index in [1.54, 1.807) is 10.9 Å². The van der Waals surface area contributed by atoms with E-state index in [0.717, 1.165) is 18.5 Å². The van der Waals surface area contributed by atoms with Crippen LogP contribution < -0.4 is 10.6 Å². The van der Waals surface area contributed by atoms with Crippen molar-refractivity contribution in [2.75, 3.05) is 17.2 Å². The molecular weight excluding hydrogens is 562 g/mol. The van der Waals surface area contributed by atoms with E-state index in [9.17, 15) is 14.7 Å². The highest BCUT2D eigenvalue weighted by Gasteiger charge is 2.52. The van der Waals surface area contributed by atoms with E-state index in [4.69, 9.17) is 28.7 Å². The van der Waals surface area contributed by atoms with Crippen molar-refractivity contribution in [1.29, 1.82) is 0 Å². The molecule has 0 bridgehead atoms. The van der Waals surface area contributed by atoms with Gasteiger partial charge in [0.2, 0.25) is 5.95 Å². The lowest BCUT2D eigenvalue weighted by atomic mass is 10.1. The molecule has 0 aliphatic carbocycles. The lowest BCUT2D eigenvalue weighted by molar-refractivity contribution is -0.151. The van der Waals surface area contributed by atoms with Crippen LogP contribution in [0.1, 0.15) is 69.2 Å². The van der Waals surface area contributed by atoms with Gasteiger partial charge in [-0.05, 0) is 19.8 Å². The van der Waals surface area contributed by atoms with Gasteiger partial charge in [0, 0.05) is 38.3 Å². The molecule has 1 fully saturated rings. The molecule has 3 N–H and O–H groups in total. The molecule has 4 aromatic rings. The number of nitrogens with one attached hydrogen (secondary N) is 2. The number of aliphatic hydroxyl groups is 1. The Hall–Kier alpha value is -4.57. The van der Waals surface area contributed by atoms with E-state index in [1.165, 1.54) is 19.3 Å². The van der Waals surface area contributed by atoms with Crippen LogP contribution in [0.5, 0.6) is 0 Å². The molecule has 16 heteroatoms. The summed E-state index contributed by atoms with van der Waals surface area (Å²) in [6, 6.07) is 1.63. The third kappa shape index (κ3) is 6.29. The molecule has 0 spiro atoms. The Morgan fingerprint density at radius 2 is 1.88 bits per heavy atom. The summed E-state index contributed by atoms with van der Waals surface area (Å²) in [7, 11) is 1.91. The van der Waals surface area contributed by atoms with E-state index >= 15 is 0 Å². The second-order valence-electron chi connectivity index (χ2n) is 10.3. The summed E-state index contributed by atoms with van der Waals surface area (Å²) in [6.07, 6.45) is 2.43. The van der Waals surface area contributed by atoms with Crippen molar-refractivity contribution in [3.8, 4) is 0 Å². The number of rotatable bonds is 15. The second-order valence-corrected chi connectivity index (χ2v) is 10.3. The van der Waals surface area contributed by atoms with Crippen LogP contribution >= 0.6 is 0 Å². The molecule has 5 atom stereocenters. The standard InChI is InChI=1S/C27H35N9O7/c1-5-16(6-2)31-24-20-25(33-27(32-24)28-8-7-17-10-35(4)11-29-17)36(12-30-20)26-23(41-14-38)22(40-13-37)21(42-26)19-9-18(15(3)39)34-43-19/h9-16,21-23,26,39H,5-8H2,1-4H3,(H2,28,31,32,33)/t15?,21-,22-,23-,26-/m1/s1. The molecule has 4 aromatic heterocycles. The van der Waals surface area contributed by atoms with E-state index in [1.807, 2.05) is 17.8 Å². The van der Waals surface area contributed by atoms with Crippen molar-refractivity contribution in [2.24, 2.45) is 7.05 Å². The van der Waals surface area contributed by atoms with E-state index in [-0.39, 0.29) is 30.4 Å². The van der Waals surface area contributed by atoms with Gasteiger partial charge in [-0.2, -0.15) is 9.97 Å². The van der Waals surface area contributed by atoms with Crippen LogP contribution in [-0.4, -0.2) is 77.1 Å². The summed E-state index contributed by atoms with van der Waals surface area (Å²) >= 11 is 0. The van der Waals surface area contributed by atoms with Crippen LogP contribution in [0, 0.1) is 0 Å². The van der Waals surface area contributed by atoms with Crippen LogP contribution in [0.25, 0.3) is 11.2 Å². The van der Waals surface area contributed by atoms with Crippen molar-refractivity contribution in [3.05, 3.63) is 42.1 Å². The number of anilines is 2. The lowest BCUT2D eigenvalue weighted by Crippen LogP contribution is -2.34. The molecule has 1 unspecified atom stereocenters. The summed E-state index contributed by atoms with van der Waals surface area (Å²) < 4.78 is 25.9.